The van der Waals surface area contributed by atoms with Crippen molar-refractivity contribution >= 4 is 12.0 Å². The highest BCUT2D eigenvalue weighted by Crippen LogP contribution is 2.11. The van der Waals surface area contributed by atoms with Gasteiger partial charge in [0.15, 0.2) is 0 Å². The molecule has 1 unspecified atom stereocenters. The van der Waals surface area contributed by atoms with Gasteiger partial charge in [0.1, 0.15) is 0 Å². The summed E-state index contributed by atoms with van der Waals surface area (Å²) in [5.41, 5.74) is 0. The number of carboxylic acids is 1. The molecule has 0 aromatic rings. The highest BCUT2D eigenvalue weighted by atomic mass is 19.1. The molecule has 0 radical (unpaired) electrons. The van der Waals surface area contributed by atoms with Gasteiger partial charge in [-0.3, -0.25) is 4.90 Å². The first-order chi connectivity index (χ1) is 5.54. The maximum Gasteiger partial charge on any atom is 0.359 e. The van der Waals surface area contributed by atoms with Gasteiger partial charge in [0, 0.05) is 20.1 Å². The van der Waals surface area contributed by atoms with E-state index >= 15 is 0 Å². The van der Waals surface area contributed by atoms with E-state index < -0.39 is 18.3 Å². The van der Waals surface area contributed by atoms with Gasteiger partial charge in [0.2, 0.25) is 0 Å². The number of urea groups is 1. The van der Waals surface area contributed by atoms with Gasteiger partial charge in [-0.05, 0) is 0 Å². The van der Waals surface area contributed by atoms with Gasteiger partial charge in [0.25, 0.3) is 6.30 Å². The van der Waals surface area contributed by atoms with E-state index in [9.17, 15) is 14.0 Å². The SMILES string of the molecule is CN1CCN(C(F)C(=O)O)C1=O. The van der Waals surface area contributed by atoms with Crippen molar-refractivity contribution in [3.8, 4) is 0 Å². The van der Waals surface area contributed by atoms with Crippen molar-refractivity contribution in [3.05, 3.63) is 0 Å². The van der Waals surface area contributed by atoms with Crippen molar-refractivity contribution in [1.29, 1.82) is 0 Å². The molecular weight excluding hydrogens is 167 g/mol. The van der Waals surface area contributed by atoms with Crippen LogP contribution in [0.4, 0.5) is 9.18 Å². The molecule has 1 aliphatic rings. The Bertz CT molecular complexity index is 221. The molecule has 68 valence electrons. The molecule has 1 N–H and O–H groups in total. The fourth-order valence-electron chi connectivity index (χ4n) is 1.01. The lowest BCUT2D eigenvalue weighted by molar-refractivity contribution is -0.148. The molecule has 0 aromatic carbocycles. The number of carbonyl (C=O) groups excluding carboxylic acids is 1. The number of likely N-dealkylation sites (N-methyl/N-ethyl adjacent to an activating group) is 1. The van der Waals surface area contributed by atoms with Crippen LogP contribution < -0.4 is 0 Å². The topological polar surface area (TPSA) is 60.9 Å². The van der Waals surface area contributed by atoms with E-state index in [0.717, 1.165) is 0 Å². The number of aliphatic carboxylic acids is 1. The Morgan fingerprint density at radius 2 is 2.25 bits per heavy atom. The number of amides is 2. The summed E-state index contributed by atoms with van der Waals surface area (Å²) in [6.45, 7) is 0.495. The largest absolute Gasteiger partial charge is 0.478 e. The summed E-state index contributed by atoms with van der Waals surface area (Å²) < 4.78 is 12.7. The first-order valence-electron chi connectivity index (χ1n) is 3.42. The molecule has 0 saturated carbocycles. The molecule has 2 amide bonds. The molecule has 1 heterocycles. The average molecular weight is 176 g/mol. The second kappa shape index (κ2) is 2.96. The molecule has 0 spiro atoms. The third kappa shape index (κ3) is 1.32. The zero-order chi connectivity index (χ0) is 9.30. The molecule has 1 aliphatic heterocycles. The van der Waals surface area contributed by atoms with Crippen LogP contribution in [0.1, 0.15) is 0 Å². The van der Waals surface area contributed by atoms with Gasteiger partial charge < -0.3 is 10.0 Å². The second-order valence-corrected chi connectivity index (χ2v) is 2.57. The second-order valence-electron chi connectivity index (χ2n) is 2.57. The van der Waals surface area contributed by atoms with Crippen LogP contribution in [0.15, 0.2) is 0 Å². The number of hydrogen-bond acceptors (Lipinski definition) is 2. The number of nitrogens with zero attached hydrogens (tertiary/aromatic N) is 2. The third-order valence-electron chi connectivity index (χ3n) is 1.73. The van der Waals surface area contributed by atoms with Crippen LogP contribution in [0, 0.1) is 0 Å². The van der Waals surface area contributed by atoms with E-state index in [4.69, 9.17) is 5.11 Å². The summed E-state index contributed by atoms with van der Waals surface area (Å²) in [4.78, 5) is 23.1. The summed E-state index contributed by atoms with van der Waals surface area (Å²) in [6.07, 6.45) is -2.22. The molecule has 1 fully saturated rings. The van der Waals surface area contributed by atoms with Gasteiger partial charge in [-0.15, -0.1) is 0 Å². The smallest absolute Gasteiger partial charge is 0.359 e. The summed E-state index contributed by atoms with van der Waals surface area (Å²) in [5.74, 6) is -1.63. The summed E-state index contributed by atoms with van der Waals surface area (Å²) in [7, 11) is 1.50. The number of hydrogen-bond donors (Lipinski definition) is 1. The van der Waals surface area contributed by atoms with Crippen molar-refractivity contribution in [2.45, 2.75) is 6.30 Å². The van der Waals surface area contributed by atoms with E-state index in [1.54, 1.807) is 0 Å². The highest BCUT2D eigenvalue weighted by Gasteiger charge is 2.35. The van der Waals surface area contributed by atoms with E-state index in [1.165, 1.54) is 11.9 Å². The fourth-order valence-corrected chi connectivity index (χ4v) is 1.01. The summed E-state index contributed by atoms with van der Waals surface area (Å²) in [6, 6.07) is -0.579. The van der Waals surface area contributed by atoms with E-state index in [1.807, 2.05) is 0 Å². The van der Waals surface area contributed by atoms with Crippen LogP contribution in [0.3, 0.4) is 0 Å². The predicted octanol–water partition coefficient (Wildman–Crippen LogP) is -0.266. The standard InChI is InChI=1S/C6H9FN2O3/c1-8-2-3-9(6(8)12)4(7)5(10)11/h4H,2-3H2,1H3,(H,10,11). The zero-order valence-corrected chi connectivity index (χ0v) is 6.53. The molecule has 1 atom stereocenters. The average Bonchev–Trinajstić information content (AvgIpc) is 2.32. The van der Waals surface area contributed by atoms with Crippen LogP contribution in [-0.4, -0.2) is 53.3 Å². The Hall–Kier alpha value is -1.33. The molecule has 12 heavy (non-hydrogen) atoms. The Morgan fingerprint density at radius 3 is 2.58 bits per heavy atom. The lowest BCUT2D eigenvalue weighted by atomic mass is 10.5. The number of carboxylic acid groups (broad SMARTS) is 1. The first-order valence-corrected chi connectivity index (χ1v) is 3.42. The van der Waals surface area contributed by atoms with Crippen molar-refractivity contribution in [1.82, 2.24) is 9.80 Å². The maximum atomic E-state index is 12.7. The molecule has 1 saturated heterocycles. The molecule has 0 aliphatic carbocycles. The van der Waals surface area contributed by atoms with Crippen LogP contribution in [0.25, 0.3) is 0 Å². The van der Waals surface area contributed by atoms with Crippen LogP contribution in [0.2, 0.25) is 0 Å². The van der Waals surface area contributed by atoms with Gasteiger partial charge in [-0.1, -0.05) is 0 Å². The predicted molar refractivity (Wildman–Crippen MR) is 37.3 cm³/mol. The normalized spacial score (nSPS) is 20.0. The van der Waals surface area contributed by atoms with Crippen molar-refractivity contribution in [2.24, 2.45) is 0 Å². The molecule has 0 bridgehead atoms. The number of halogens is 1. The quantitative estimate of drug-likeness (QED) is 0.589. The summed E-state index contributed by atoms with van der Waals surface area (Å²) >= 11 is 0. The molecule has 5 nitrogen and oxygen atoms in total. The van der Waals surface area contributed by atoms with Crippen molar-refractivity contribution < 1.29 is 19.1 Å². The Kier molecular flexibility index (Phi) is 2.16. The van der Waals surface area contributed by atoms with Crippen LogP contribution in [-0.2, 0) is 4.79 Å². The van der Waals surface area contributed by atoms with Crippen molar-refractivity contribution in [3.63, 3.8) is 0 Å². The van der Waals surface area contributed by atoms with Crippen molar-refractivity contribution in [2.75, 3.05) is 20.1 Å². The molecule has 0 aromatic heterocycles. The number of rotatable bonds is 2. The van der Waals surface area contributed by atoms with E-state index in [2.05, 4.69) is 0 Å². The molecular formula is C6H9FN2O3. The number of alkyl halides is 1. The molecule has 6 heteroatoms. The van der Waals surface area contributed by atoms with Crippen LogP contribution >= 0.6 is 0 Å². The Labute approximate surface area is 68.4 Å². The van der Waals surface area contributed by atoms with Gasteiger partial charge in [-0.25, -0.2) is 14.0 Å². The third-order valence-corrected chi connectivity index (χ3v) is 1.73. The minimum atomic E-state index is -2.22. The fraction of sp³-hybridized carbons (Fsp3) is 0.667. The first kappa shape index (κ1) is 8.76. The van der Waals surface area contributed by atoms with E-state index in [0.29, 0.717) is 11.4 Å². The van der Waals surface area contributed by atoms with Gasteiger partial charge >= 0.3 is 12.0 Å². The Morgan fingerprint density at radius 1 is 1.67 bits per heavy atom. The Balaban J connectivity index is 2.65. The summed E-state index contributed by atoms with van der Waals surface area (Å²) in [5, 5.41) is 8.26. The van der Waals surface area contributed by atoms with Gasteiger partial charge in [-0.2, -0.15) is 0 Å². The maximum absolute atomic E-state index is 12.7. The molecule has 1 rings (SSSR count). The highest BCUT2D eigenvalue weighted by molar-refractivity contribution is 5.82. The lowest BCUT2D eigenvalue weighted by Crippen LogP contribution is -2.40. The lowest BCUT2D eigenvalue weighted by Gasteiger charge is -2.16. The minimum Gasteiger partial charge on any atom is -0.478 e. The van der Waals surface area contributed by atoms with E-state index in [-0.39, 0.29) is 6.54 Å². The minimum absolute atomic E-state index is 0.128. The zero-order valence-electron chi connectivity index (χ0n) is 6.53. The van der Waals surface area contributed by atoms with Crippen LogP contribution in [0.5, 0.6) is 0 Å². The van der Waals surface area contributed by atoms with Gasteiger partial charge in [0.05, 0.1) is 0 Å². The monoisotopic (exact) mass is 176 g/mol. The number of carbonyl (C=O) groups is 2.